The Kier molecular flexibility index (Phi) is 4.74. The zero-order valence-corrected chi connectivity index (χ0v) is 13.5. The van der Waals surface area contributed by atoms with Crippen LogP contribution in [-0.4, -0.2) is 24.8 Å². The molecule has 1 atom stereocenters. The van der Waals surface area contributed by atoms with E-state index in [-0.39, 0.29) is 6.42 Å². The van der Waals surface area contributed by atoms with Crippen molar-refractivity contribution in [2.24, 2.45) is 0 Å². The molecule has 1 aliphatic heterocycles. The van der Waals surface area contributed by atoms with E-state index in [0.717, 1.165) is 11.7 Å². The quantitative estimate of drug-likeness (QED) is 0.589. The van der Waals surface area contributed by atoms with Crippen molar-refractivity contribution in [1.29, 1.82) is 0 Å². The van der Waals surface area contributed by atoms with Gasteiger partial charge in [-0.05, 0) is 42.0 Å². The molecule has 1 saturated heterocycles. The highest BCUT2D eigenvalue weighted by Crippen LogP contribution is 2.34. The third-order valence-electron chi connectivity index (χ3n) is 3.74. The van der Waals surface area contributed by atoms with E-state index in [0.29, 0.717) is 0 Å². The van der Waals surface area contributed by atoms with Gasteiger partial charge in [-0.15, -0.1) is 0 Å². The van der Waals surface area contributed by atoms with Crippen LogP contribution in [0, 0.1) is 0 Å². The molecule has 0 amide bonds. The molecule has 1 heterocycles. The molecule has 2 aliphatic rings. The van der Waals surface area contributed by atoms with E-state index in [2.05, 4.69) is 34.6 Å². The van der Waals surface area contributed by atoms with E-state index in [4.69, 9.17) is 4.74 Å². The van der Waals surface area contributed by atoms with Crippen LogP contribution in [0.3, 0.4) is 0 Å². The number of hydrogen-bond donors (Lipinski definition) is 0. The van der Waals surface area contributed by atoms with E-state index in [1.54, 1.807) is 7.11 Å². The Morgan fingerprint density at radius 3 is 2.36 bits per heavy atom. The van der Waals surface area contributed by atoms with Gasteiger partial charge in [0.25, 0.3) is 5.79 Å². The summed E-state index contributed by atoms with van der Waals surface area (Å²) in [6, 6.07) is 6.42. The average molecular weight is 306 g/mol. The van der Waals surface area contributed by atoms with Gasteiger partial charge in [0.15, 0.2) is 0 Å². The van der Waals surface area contributed by atoms with Gasteiger partial charge in [0.05, 0.1) is 7.11 Å². The van der Waals surface area contributed by atoms with Gasteiger partial charge in [0.2, 0.25) is 0 Å². The lowest BCUT2D eigenvalue weighted by Crippen LogP contribution is -2.39. The number of rotatable bonds is 1. The third kappa shape index (κ3) is 4.00. The van der Waals surface area contributed by atoms with Crippen LogP contribution in [0.1, 0.15) is 50.7 Å². The normalized spacial score (nSPS) is 21.9. The van der Waals surface area contributed by atoms with Crippen molar-refractivity contribution in [1.82, 2.24) is 0 Å². The number of hydrogen-bond acceptors (Lipinski definition) is 5. The van der Waals surface area contributed by atoms with Gasteiger partial charge < -0.3 is 14.2 Å². The van der Waals surface area contributed by atoms with E-state index in [1.807, 2.05) is 0 Å². The molecule has 1 aromatic carbocycles. The van der Waals surface area contributed by atoms with Crippen molar-refractivity contribution < 1.29 is 23.8 Å². The molecule has 1 aromatic rings. The van der Waals surface area contributed by atoms with Crippen LogP contribution in [0.25, 0.3) is 0 Å². The molecule has 1 aliphatic carbocycles. The van der Waals surface area contributed by atoms with Crippen LogP contribution in [0.15, 0.2) is 18.2 Å². The molecule has 5 heteroatoms. The Morgan fingerprint density at radius 2 is 1.82 bits per heavy atom. The van der Waals surface area contributed by atoms with Crippen molar-refractivity contribution in [2.75, 3.05) is 7.11 Å². The second kappa shape index (κ2) is 6.38. The average Bonchev–Trinajstić information content (AvgIpc) is 2.78. The fraction of sp³-hybridized carbons (Fsp3) is 0.529. The maximum absolute atomic E-state index is 10.6. The van der Waals surface area contributed by atoms with Crippen LogP contribution < -0.4 is 4.74 Å². The highest BCUT2D eigenvalue weighted by molar-refractivity contribution is 5.92. The number of esters is 2. The fourth-order valence-corrected chi connectivity index (χ4v) is 2.67. The summed E-state index contributed by atoms with van der Waals surface area (Å²) in [4.78, 5) is 21.1. The topological polar surface area (TPSA) is 61.8 Å². The minimum Gasteiger partial charge on any atom is -0.497 e. The molecule has 0 radical (unpaired) electrons. The van der Waals surface area contributed by atoms with Crippen molar-refractivity contribution in [3.63, 3.8) is 0 Å². The summed E-state index contributed by atoms with van der Waals surface area (Å²) in [6.45, 7) is 5.31. The van der Waals surface area contributed by atoms with Gasteiger partial charge in [-0.3, -0.25) is 9.59 Å². The number of fused-ring (bicyclic) bond motifs is 1. The molecule has 0 spiro atoms. The van der Waals surface area contributed by atoms with E-state index >= 15 is 0 Å². The minimum atomic E-state index is -1.08. The Morgan fingerprint density at radius 1 is 1.18 bits per heavy atom. The Labute approximate surface area is 130 Å². The molecule has 0 bridgehead atoms. The predicted molar refractivity (Wildman–Crippen MR) is 80.6 cm³/mol. The molecule has 1 fully saturated rings. The first kappa shape index (κ1) is 16.3. The first-order chi connectivity index (χ1) is 10.3. The van der Waals surface area contributed by atoms with Gasteiger partial charge in [-0.1, -0.05) is 13.0 Å². The zero-order valence-electron chi connectivity index (χ0n) is 13.5. The minimum absolute atomic E-state index is 0.274. The van der Waals surface area contributed by atoms with E-state index in [1.165, 1.54) is 37.8 Å². The molecule has 22 heavy (non-hydrogen) atoms. The number of aryl methyl sites for hydroxylation is 1. The maximum Gasteiger partial charge on any atom is 0.320 e. The highest BCUT2D eigenvalue weighted by Gasteiger charge is 2.34. The maximum atomic E-state index is 10.6. The van der Waals surface area contributed by atoms with E-state index < -0.39 is 17.7 Å². The summed E-state index contributed by atoms with van der Waals surface area (Å²) in [6.07, 6.45) is 2.26. The molecule has 120 valence electrons. The molecule has 5 nitrogen and oxygen atoms in total. The largest absolute Gasteiger partial charge is 0.497 e. The summed E-state index contributed by atoms with van der Waals surface area (Å²) in [5.41, 5.74) is 2.98. The van der Waals surface area contributed by atoms with Gasteiger partial charge >= 0.3 is 11.9 Å². The van der Waals surface area contributed by atoms with Gasteiger partial charge in [-0.25, -0.2) is 0 Å². The Balaban J connectivity index is 0.000000164. The summed E-state index contributed by atoms with van der Waals surface area (Å²) in [5, 5.41) is 0. The van der Waals surface area contributed by atoms with Crippen LogP contribution in [-0.2, 0) is 25.5 Å². The third-order valence-corrected chi connectivity index (χ3v) is 3.74. The highest BCUT2D eigenvalue weighted by atomic mass is 16.7. The van der Waals surface area contributed by atoms with Crippen molar-refractivity contribution in [2.45, 2.75) is 51.7 Å². The number of methoxy groups -OCH3 is 1. The number of ether oxygens (including phenoxy) is 3. The summed E-state index contributed by atoms with van der Waals surface area (Å²) < 4.78 is 14.5. The summed E-state index contributed by atoms with van der Waals surface area (Å²) in [7, 11) is 1.72. The summed E-state index contributed by atoms with van der Waals surface area (Å²) >= 11 is 0. The number of cyclic esters (lactones) is 2. The number of carbonyl (C=O) groups is 2. The molecule has 0 N–H and O–H groups in total. The van der Waals surface area contributed by atoms with Crippen LogP contribution in [0.4, 0.5) is 0 Å². The summed E-state index contributed by atoms with van der Waals surface area (Å²) in [5.74, 6) is -0.424. The fourth-order valence-electron chi connectivity index (χ4n) is 2.67. The second-order valence-corrected chi connectivity index (χ2v) is 6.03. The predicted octanol–water partition coefficient (Wildman–Crippen LogP) is 2.96. The molecule has 0 saturated carbocycles. The SMILES string of the molecule is CC1(C)OC(=O)CC(=O)O1.COc1ccc2c(c1)C(C)CC2. The first-order valence-electron chi connectivity index (χ1n) is 7.41. The number of carbonyl (C=O) groups excluding carboxylic acids is 2. The van der Waals surface area contributed by atoms with Crippen LogP contribution in [0.2, 0.25) is 0 Å². The van der Waals surface area contributed by atoms with Gasteiger partial charge in [0.1, 0.15) is 12.2 Å². The molecular formula is C17H22O5. The molecular weight excluding hydrogens is 284 g/mol. The zero-order chi connectivity index (χ0) is 16.3. The molecule has 1 unspecified atom stereocenters. The molecule has 3 rings (SSSR count). The number of benzene rings is 1. The Bertz CT molecular complexity index is 558. The van der Waals surface area contributed by atoms with Crippen LogP contribution >= 0.6 is 0 Å². The lowest BCUT2D eigenvalue weighted by molar-refractivity contribution is -0.231. The standard InChI is InChI=1S/C11H14O.C6H8O4/c1-8-3-4-9-5-6-10(12-2)7-11(8)9;1-6(2)9-4(7)3-5(8)10-6/h5-8H,3-4H2,1-2H3;3H2,1-2H3. The van der Waals surface area contributed by atoms with E-state index in [9.17, 15) is 9.59 Å². The van der Waals surface area contributed by atoms with Crippen molar-refractivity contribution >= 4 is 11.9 Å². The molecule has 0 aromatic heterocycles. The van der Waals surface area contributed by atoms with Gasteiger partial charge in [0, 0.05) is 13.8 Å². The van der Waals surface area contributed by atoms with Crippen molar-refractivity contribution in [3.8, 4) is 5.75 Å². The lowest BCUT2D eigenvalue weighted by atomic mass is 10.0. The smallest absolute Gasteiger partial charge is 0.320 e. The van der Waals surface area contributed by atoms with Crippen LogP contribution in [0.5, 0.6) is 5.75 Å². The first-order valence-corrected chi connectivity index (χ1v) is 7.41. The monoisotopic (exact) mass is 306 g/mol. The van der Waals surface area contributed by atoms with Gasteiger partial charge in [-0.2, -0.15) is 0 Å². The second-order valence-electron chi connectivity index (χ2n) is 6.03. The Hall–Kier alpha value is -2.04. The lowest BCUT2D eigenvalue weighted by Gasteiger charge is -2.28. The van der Waals surface area contributed by atoms with Crippen molar-refractivity contribution in [3.05, 3.63) is 29.3 Å².